The number of rotatable bonds is 5. The van der Waals surface area contributed by atoms with E-state index in [1.807, 2.05) is 31.0 Å². The van der Waals surface area contributed by atoms with Gasteiger partial charge in [0.1, 0.15) is 11.8 Å². The van der Waals surface area contributed by atoms with E-state index in [2.05, 4.69) is 11.4 Å². The Balaban J connectivity index is 1.99. The predicted molar refractivity (Wildman–Crippen MR) is 79.6 cm³/mol. The molecule has 5 heteroatoms. The Morgan fingerprint density at radius 2 is 2.24 bits per heavy atom. The van der Waals surface area contributed by atoms with Crippen LogP contribution >= 0.6 is 0 Å². The monoisotopic (exact) mass is 283 g/mol. The molecule has 1 heterocycles. The molecule has 1 amide bonds. The zero-order chi connectivity index (χ0) is 15.2. The van der Waals surface area contributed by atoms with Crippen molar-refractivity contribution in [2.45, 2.75) is 19.5 Å². The second-order valence-corrected chi connectivity index (χ2v) is 4.75. The minimum absolute atomic E-state index is 0.101. The van der Waals surface area contributed by atoms with Gasteiger partial charge in [-0.1, -0.05) is 6.07 Å². The molecule has 2 aromatic rings. The Kier molecular flexibility index (Phi) is 4.62. The molecule has 0 aliphatic carbocycles. The average Bonchev–Trinajstić information content (AvgIpc) is 3.04. The highest BCUT2D eigenvalue weighted by Gasteiger charge is 2.18. The van der Waals surface area contributed by atoms with Crippen LogP contribution in [0.4, 0.5) is 5.69 Å². The first-order valence-corrected chi connectivity index (χ1v) is 6.65. The number of anilines is 1. The van der Waals surface area contributed by atoms with E-state index in [1.54, 1.807) is 30.5 Å². The number of amides is 1. The van der Waals surface area contributed by atoms with Crippen LogP contribution < -0.4 is 10.2 Å². The molecule has 0 fully saturated rings. The fourth-order valence-corrected chi connectivity index (χ4v) is 1.93. The summed E-state index contributed by atoms with van der Waals surface area (Å²) >= 11 is 0. The van der Waals surface area contributed by atoms with Crippen molar-refractivity contribution < 1.29 is 9.21 Å². The zero-order valence-corrected chi connectivity index (χ0v) is 12.0. The number of hydrogen-bond donors (Lipinski definition) is 1. The van der Waals surface area contributed by atoms with Gasteiger partial charge in [0.2, 0.25) is 5.91 Å². The van der Waals surface area contributed by atoms with E-state index in [-0.39, 0.29) is 11.9 Å². The van der Waals surface area contributed by atoms with Crippen LogP contribution in [0.2, 0.25) is 0 Å². The summed E-state index contributed by atoms with van der Waals surface area (Å²) in [7, 11) is 1.83. The third-order valence-electron chi connectivity index (χ3n) is 3.36. The van der Waals surface area contributed by atoms with Crippen LogP contribution in [-0.2, 0) is 11.3 Å². The lowest BCUT2D eigenvalue weighted by molar-refractivity contribution is -0.122. The van der Waals surface area contributed by atoms with E-state index in [9.17, 15) is 4.79 Å². The van der Waals surface area contributed by atoms with Gasteiger partial charge in [0.25, 0.3) is 0 Å². The quantitative estimate of drug-likeness (QED) is 0.914. The number of benzene rings is 1. The molecule has 0 spiro atoms. The summed E-state index contributed by atoms with van der Waals surface area (Å²) < 4.78 is 5.17. The fourth-order valence-electron chi connectivity index (χ4n) is 1.93. The number of likely N-dealkylation sites (N-methyl/N-ethyl adjacent to an activating group) is 1. The zero-order valence-electron chi connectivity index (χ0n) is 12.0. The first kappa shape index (κ1) is 14.7. The summed E-state index contributed by atoms with van der Waals surface area (Å²) in [5, 5.41) is 11.7. The summed E-state index contributed by atoms with van der Waals surface area (Å²) in [5.41, 5.74) is 1.40. The highest BCUT2D eigenvalue weighted by atomic mass is 16.3. The van der Waals surface area contributed by atoms with E-state index in [1.165, 1.54) is 0 Å². The molecule has 1 atom stereocenters. The molecule has 2 rings (SSSR count). The van der Waals surface area contributed by atoms with Crippen molar-refractivity contribution >= 4 is 11.6 Å². The molecule has 1 aromatic heterocycles. The maximum atomic E-state index is 12.1. The van der Waals surface area contributed by atoms with Crippen LogP contribution in [0.25, 0.3) is 0 Å². The van der Waals surface area contributed by atoms with Crippen molar-refractivity contribution in [3.63, 3.8) is 0 Å². The Bertz CT molecular complexity index is 644. The van der Waals surface area contributed by atoms with Gasteiger partial charge in [0.05, 0.1) is 24.4 Å². The van der Waals surface area contributed by atoms with Crippen LogP contribution in [0.5, 0.6) is 0 Å². The molecule has 0 aliphatic rings. The van der Waals surface area contributed by atoms with Crippen LogP contribution in [-0.4, -0.2) is 19.0 Å². The lowest BCUT2D eigenvalue weighted by Gasteiger charge is -2.26. The van der Waals surface area contributed by atoms with Gasteiger partial charge in [-0.05, 0) is 37.3 Å². The molecule has 108 valence electrons. The van der Waals surface area contributed by atoms with Gasteiger partial charge in [-0.2, -0.15) is 5.26 Å². The number of carbonyl (C=O) groups is 1. The van der Waals surface area contributed by atoms with Crippen LogP contribution in [0.15, 0.2) is 47.1 Å². The van der Waals surface area contributed by atoms with Crippen LogP contribution in [0.1, 0.15) is 18.2 Å². The Morgan fingerprint density at radius 1 is 1.43 bits per heavy atom. The van der Waals surface area contributed by atoms with Gasteiger partial charge in [0, 0.05) is 12.7 Å². The first-order chi connectivity index (χ1) is 10.1. The fraction of sp³-hybridized carbons (Fsp3) is 0.250. The van der Waals surface area contributed by atoms with Gasteiger partial charge in [-0.25, -0.2) is 0 Å². The van der Waals surface area contributed by atoms with Crippen molar-refractivity contribution in [2.24, 2.45) is 0 Å². The Hall–Kier alpha value is -2.74. The third-order valence-corrected chi connectivity index (χ3v) is 3.36. The molecule has 0 bridgehead atoms. The number of hydrogen-bond acceptors (Lipinski definition) is 4. The van der Waals surface area contributed by atoms with Crippen LogP contribution in [0, 0.1) is 11.3 Å². The molecule has 0 aliphatic heterocycles. The molecular weight excluding hydrogens is 266 g/mol. The first-order valence-electron chi connectivity index (χ1n) is 6.65. The number of nitriles is 1. The normalized spacial score (nSPS) is 11.5. The second-order valence-electron chi connectivity index (χ2n) is 4.75. The maximum Gasteiger partial charge on any atom is 0.242 e. The lowest BCUT2D eigenvalue weighted by Crippen LogP contribution is -2.43. The minimum Gasteiger partial charge on any atom is -0.467 e. The Morgan fingerprint density at radius 3 is 2.90 bits per heavy atom. The molecule has 0 saturated carbocycles. The van der Waals surface area contributed by atoms with Crippen molar-refractivity contribution in [2.75, 3.05) is 11.9 Å². The topological polar surface area (TPSA) is 69.3 Å². The second kappa shape index (κ2) is 6.62. The van der Waals surface area contributed by atoms with E-state index >= 15 is 0 Å². The van der Waals surface area contributed by atoms with Gasteiger partial charge >= 0.3 is 0 Å². The number of nitrogens with one attached hydrogen (secondary N) is 1. The summed E-state index contributed by atoms with van der Waals surface area (Å²) in [5.74, 6) is 0.612. The smallest absolute Gasteiger partial charge is 0.242 e. The number of carbonyl (C=O) groups excluding carboxylic acids is 1. The predicted octanol–water partition coefficient (Wildman–Crippen LogP) is 2.29. The van der Waals surface area contributed by atoms with Crippen molar-refractivity contribution in [3.05, 3.63) is 54.0 Å². The van der Waals surface area contributed by atoms with Gasteiger partial charge < -0.3 is 14.6 Å². The molecule has 0 radical (unpaired) electrons. The van der Waals surface area contributed by atoms with Crippen molar-refractivity contribution in [1.29, 1.82) is 5.26 Å². The standard InChI is InChI=1S/C16H17N3O2/c1-12(16(20)18-11-15-7-4-8-21-15)19(2)14-6-3-5-13(9-14)10-17/h3-9,12H,11H2,1-2H3,(H,18,20). The molecule has 1 aromatic carbocycles. The molecule has 21 heavy (non-hydrogen) atoms. The lowest BCUT2D eigenvalue weighted by atomic mass is 10.1. The summed E-state index contributed by atoms with van der Waals surface area (Å²) in [6.45, 7) is 2.18. The summed E-state index contributed by atoms with van der Waals surface area (Å²) in [4.78, 5) is 14.0. The molecule has 1 N–H and O–H groups in total. The number of furan rings is 1. The number of nitrogens with zero attached hydrogens (tertiary/aromatic N) is 2. The summed E-state index contributed by atoms with van der Waals surface area (Å²) in [6.07, 6.45) is 1.57. The SMILES string of the molecule is CC(C(=O)NCc1ccco1)N(C)c1cccc(C#N)c1. The molecule has 1 unspecified atom stereocenters. The van der Waals surface area contributed by atoms with E-state index < -0.39 is 0 Å². The van der Waals surface area contributed by atoms with Gasteiger partial charge in [-0.3, -0.25) is 4.79 Å². The van der Waals surface area contributed by atoms with E-state index in [0.29, 0.717) is 17.9 Å². The highest BCUT2D eigenvalue weighted by molar-refractivity contribution is 5.84. The third kappa shape index (κ3) is 3.63. The molecule has 0 saturated heterocycles. The Labute approximate surface area is 123 Å². The summed E-state index contributed by atoms with van der Waals surface area (Å²) in [6, 6.07) is 12.5. The molecular formula is C16H17N3O2. The van der Waals surface area contributed by atoms with Crippen molar-refractivity contribution in [1.82, 2.24) is 5.32 Å². The van der Waals surface area contributed by atoms with Crippen molar-refractivity contribution in [3.8, 4) is 6.07 Å². The highest BCUT2D eigenvalue weighted by Crippen LogP contribution is 2.16. The minimum atomic E-state index is -0.353. The van der Waals surface area contributed by atoms with E-state index in [0.717, 1.165) is 5.69 Å². The van der Waals surface area contributed by atoms with E-state index in [4.69, 9.17) is 9.68 Å². The van der Waals surface area contributed by atoms with Gasteiger partial charge in [0.15, 0.2) is 0 Å². The average molecular weight is 283 g/mol. The van der Waals surface area contributed by atoms with Crippen LogP contribution in [0.3, 0.4) is 0 Å². The molecule has 5 nitrogen and oxygen atoms in total. The van der Waals surface area contributed by atoms with Gasteiger partial charge in [-0.15, -0.1) is 0 Å². The maximum absolute atomic E-state index is 12.1. The largest absolute Gasteiger partial charge is 0.467 e.